The molecule has 2 rings (SSSR count). The molecule has 1 aliphatic heterocycles. The molecule has 0 saturated carbocycles. The zero-order valence-electron chi connectivity index (χ0n) is 13.9. The fourth-order valence-corrected chi connectivity index (χ4v) is 3.04. The summed E-state index contributed by atoms with van der Waals surface area (Å²) in [5, 5.41) is 7.34. The van der Waals surface area contributed by atoms with Crippen LogP contribution in [0.5, 0.6) is 0 Å². The van der Waals surface area contributed by atoms with Crippen LogP contribution < -0.4 is 5.32 Å². The lowest BCUT2D eigenvalue weighted by Crippen LogP contribution is -2.24. The summed E-state index contributed by atoms with van der Waals surface area (Å²) in [6.07, 6.45) is 11.3. The molecule has 1 aromatic heterocycles. The van der Waals surface area contributed by atoms with Gasteiger partial charge in [-0.1, -0.05) is 26.7 Å². The molecule has 5 heteroatoms. The van der Waals surface area contributed by atoms with Crippen LogP contribution in [0.1, 0.15) is 58.8 Å². The first-order valence-corrected chi connectivity index (χ1v) is 8.67. The maximum absolute atomic E-state index is 12.3. The van der Waals surface area contributed by atoms with Crippen molar-refractivity contribution in [2.45, 2.75) is 71.4 Å². The fraction of sp³-hybridized carbons (Fsp3) is 0.765. The highest BCUT2D eigenvalue weighted by Gasteiger charge is 2.18. The number of anilines is 1. The second-order valence-electron chi connectivity index (χ2n) is 6.20. The third kappa shape index (κ3) is 5.13. The van der Waals surface area contributed by atoms with E-state index in [1.165, 1.54) is 6.42 Å². The zero-order valence-corrected chi connectivity index (χ0v) is 13.9. The Kier molecular flexibility index (Phi) is 6.90. The summed E-state index contributed by atoms with van der Waals surface area (Å²) >= 11 is 0. The molecule has 22 heavy (non-hydrogen) atoms. The second kappa shape index (κ2) is 8.93. The largest absolute Gasteiger partial charge is 0.376 e. The number of aromatic nitrogens is 2. The molecule has 1 saturated heterocycles. The third-order valence-electron chi connectivity index (χ3n) is 4.21. The van der Waals surface area contributed by atoms with Crippen LogP contribution in [0.2, 0.25) is 0 Å². The standard InChI is InChI=1S/C17H29N3O2/c1-3-7-14(8-4-2)17(21)19-15-11-18-20(12-15)13-16-9-5-6-10-22-16/h11-12,14,16H,3-10,13H2,1-2H3,(H,19,21). The van der Waals surface area contributed by atoms with Crippen molar-refractivity contribution in [1.29, 1.82) is 0 Å². The fourth-order valence-electron chi connectivity index (χ4n) is 3.04. The predicted molar refractivity (Wildman–Crippen MR) is 87.8 cm³/mol. The Morgan fingerprint density at radius 2 is 2.18 bits per heavy atom. The van der Waals surface area contributed by atoms with Gasteiger partial charge >= 0.3 is 0 Å². The first kappa shape index (κ1) is 17.0. The number of hydrogen-bond donors (Lipinski definition) is 1. The highest BCUT2D eigenvalue weighted by molar-refractivity contribution is 5.92. The van der Waals surface area contributed by atoms with Crippen LogP contribution >= 0.6 is 0 Å². The van der Waals surface area contributed by atoms with Crippen LogP contribution in [0.3, 0.4) is 0 Å². The van der Waals surface area contributed by atoms with Gasteiger partial charge in [0.05, 0.1) is 24.5 Å². The van der Waals surface area contributed by atoms with Crippen LogP contribution in [0.15, 0.2) is 12.4 Å². The molecule has 124 valence electrons. The number of carbonyl (C=O) groups is 1. The summed E-state index contributed by atoms with van der Waals surface area (Å²) in [4.78, 5) is 12.3. The highest BCUT2D eigenvalue weighted by Crippen LogP contribution is 2.18. The Morgan fingerprint density at radius 3 is 2.82 bits per heavy atom. The Morgan fingerprint density at radius 1 is 1.41 bits per heavy atom. The summed E-state index contributed by atoms with van der Waals surface area (Å²) in [7, 11) is 0. The van der Waals surface area contributed by atoms with E-state index in [9.17, 15) is 4.79 Å². The summed E-state index contributed by atoms with van der Waals surface area (Å²) in [5.74, 6) is 0.234. The van der Waals surface area contributed by atoms with Crippen LogP contribution in [-0.2, 0) is 16.1 Å². The van der Waals surface area contributed by atoms with Crippen molar-refractivity contribution >= 4 is 11.6 Å². The van der Waals surface area contributed by atoms with E-state index in [0.717, 1.165) is 57.4 Å². The monoisotopic (exact) mass is 307 g/mol. The summed E-state index contributed by atoms with van der Waals surface area (Å²) < 4.78 is 7.60. The molecule has 1 atom stereocenters. The topological polar surface area (TPSA) is 56.2 Å². The number of carbonyl (C=O) groups excluding carboxylic acids is 1. The molecule has 2 heterocycles. The Bertz CT molecular complexity index is 447. The summed E-state index contributed by atoms with van der Waals surface area (Å²) in [6, 6.07) is 0. The van der Waals surface area contributed by atoms with Gasteiger partial charge < -0.3 is 10.1 Å². The minimum absolute atomic E-state index is 0.111. The molecule has 0 aliphatic carbocycles. The molecule has 1 aromatic rings. The molecule has 0 aromatic carbocycles. The summed E-state index contributed by atoms with van der Waals surface area (Å²) in [5.41, 5.74) is 0.790. The average molecular weight is 307 g/mol. The molecule has 1 unspecified atom stereocenters. The smallest absolute Gasteiger partial charge is 0.227 e. The number of amides is 1. The van der Waals surface area contributed by atoms with Gasteiger partial charge in [-0.2, -0.15) is 5.10 Å². The van der Waals surface area contributed by atoms with E-state index in [1.807, 2.05) is 10.9 Å². The van der Waals surface area contributed by atoms with Crippen molar-refractivity contribution in [2.75, 3.05) is 11.9 Å². The summed E-state index contributed by atoms with van der Waals surface area (Å²) in [6.45, 7) is 5.87. The van der Waals surface area contributed by atoms with Gasteiger partial charge in [0.15, 0.2) is 0 Å². The predicted octanol–water partition coefficient (Wildman–Crippen LogP) is 3.61. The van der Waals surface area contributed by atoms with Crippen molar-refractivity contribution < 1.29 is 9.53 Å². The first-order chi connectivity index (χ1) is 10.7. The van der Waals surface area contributed by atoms with E-state index in [1.54, 1.807) is 6.20 Å². The average Bonchev–Trinajstić information content (AvgIpc) is 2.95. The van der Waals surface area contributed by atoms with Crippen molar-refractivity contribution in [3.05, 3.63) is 12.4 Å². The van der Waals surface area contributed by atoms with Crippen LogP contribution in [0.25, 0.3) is 0 Å². The lowest BCUT2D eigenvalue weighted by molar-refractivity contribution is -0.120. The van der Waals surface area contributed by atoms with Crippen molar-refractivity contribution in [2.24, 2.45) is 5.92 Å². The van der Waals surface area contributed by atoms with Crippen LogP contribution in [0.4, 0.5) is 5.69 Å². The van der Waals surface area contributed by atoms with E-state index >= 15 is 0 Å². The molecular formula is C17H29N3O2. The molecule has 1 aliphatic rings. The van der Waals surface area contributed by atoms with E-state index in [4.69, 9.17) is 4.74 Å². The van der Waals surface area contributed by atoms with Crippen LogP contribution in [-0.4, -0.2) is 28.4 Å². The van der Waals surface area contributed by atoms with Gasteiger partial charge in [0.2, 0.25) is 5.91 Å². The van der Waals surface area contributed by atoms with E-state index < -0.39 is 0 Å². The Hall–Kier alpha value is -1.36. The number of nitrogens with zero attached hydrogens (tertiary/aromatic N) is 2. The first-order valence-electron chi connectivity index (χ1n) is 8.67. The molecule has 5 nitrogen and oxygen atoms in total. The second-order valence-corrected chi connectivity index (χ2v) is 6.20. The van der Waals surface area contributed by atoms with Gasteiger partial charge in [-0.15, -0.1) is 0 Å². The lowest BCUT2D eigenvalue weighted by atomic mass is 9.97. The van der Waals surface area contributed by atoms with Crippen molar-refractivity contribution in [3.8, 4) is 0 Å². The molecular weight excluding hydrogens is 278 g/mol. The zero-order chi connectivity index (χ0) is 15.8. The van der Waals surface area contributed by atoms with Gasteiger partial charge in [-0.25, -0.2) is 0 Å². The maximum atomic E-state index is 12.3. The van der Waals surface area contributed by atoms with Crippen LogP contribution in [0, 0.1) is 5.92 Å². The minimum Gasteiger partial charge on any atom is -0.376 e. The SMILES string of the molecule is CCCC(CCC)C(=O)Nc1cnn(CC2CCCCO2)c1. The third-order valence-corrected chi connectivity index (χ3v) is 4.21. The van der Waals surface area contributed by atoms with Gasteiger partial charge in [0.1, 0.15) is 0 Å². The minimum atomic E-state index is 0.111. The maximum Gasteiger partial charge on any atom is 0.227 e. The number of nitrogens with one attached hydrogen (secondary N) is 1. The number of ether oxygens (including phenoxy) is 1. The Balaban J connectivity index is 1.86. The number of hydrogen-bond acceptors (Lipinski definition) is 3. The van der Waals surface area contributed by atoms with Crippen molar-refractivity contribution in [1.82, 2.24) is 9.78 Å². The van der Waals surface area contributed by atoms with Crippen molar-refractivity contribution in [3.63, 3.8) is 0 Å². The molecule has 1 N–H and O–H groups in total. The van der Waals surface area contributed by atoms with Gasteiger partial charge in [-0.3, -0.25) is 9.48 Å². The normalized spacial score (nSPS) is 18.6. The quantitative estimate of drug-likeness (QED) is 0.798. The molecule has 0 radical (unpaired) electrons. The lowest BCUT2D eigenvalue weighted by Gasteiger charge is -2.22. The molecule has 0 bridgehead atoms. The van der Waals surface area contributed by atoms with Gasteiger partial charge in [0, 0.05) is 18.7 Å². The van der Waals surface area contributed by atoms with Gasteiger partial charge in [-0.05, 0) is 32.1 Å². The van der Waals surface area contributed by atoms with E-state index in [0.29, 0.717) is 0 Å². The molecule has 1 amide bonds. The van der Waals surface area contributed by atoms with E-state index in [-0.39, 0.29) is 17.9 Å². The van der Waals surface area contributed by atoms with E-state index in [2.05, 4.69) is 24.3 Å². The number of rotatable bonds is 8. The van der Waals surface area contributed by atoms with Gasteiger partial charge in [0.25, 0.3) is 0 Å². The molecule has 0 spiro atoms. The highest BCUT2D eigenvalue weighted by atomic mass is 16.5. The molecule has 1 fully saturated rings. The Labute approximate surface area is 133 Å².